The van der Waals surface area contributed by atoms with Crippen LogP contribution >= 0.6 is 11.3 Å². The number of rotatable bonds is 4. The summed E-state index contributed by atoms with van der Waals surface area (Å²) in [4.78, 5) is 11.5. The third kappa shape index (κ3) is 4.00. The molecule has 0 atom stereocenters. The van der Waals surface area contributed by atoms with Crippen molar-refractivity contribution in [2.24, 2.45) is 9.98 Å². The molecule has 138 valence electrons. The van der Waals surface area contributed by atoms with Gasteiger partial charge in [-0.2, -0.15) is 0 Å². The van der Waals surface area contributed by atoms with E-state index in [0.717, 1.165) is 21.1 Å². The normalized spacial score (nSPS) is 11.9. The second-order valence-electron chi connectivity index (χ2n) is 6.82. The fourth-order valence-corrected chi connectivity index (χ4v) is 4.05. The van der Waals surface area contributed by atoms with Gasteiger partial charge in [-0.1, -0.05) is 60.7 Å². The Bertz CT molecular complexity index is 1260. The third-order valence-electron chi connectivity index (χ3n) is 4.80. The second kappa shape index (κ2) is 7.82. The van der Waals surface area contributed by atoms with Gasteiger partial charge in [0.1, 0.15) is 0 Å². The van der Waals surface area contributed by atoms with Crippen LogP contribution in [0.25, 0.3) is 21.5 Å². The van der Waals surface area contributed by atoms with Gasteiger partial charge in [-0.05, 0) is 57.9 Å². The molecule has 5 rings (SSSR count). The van der Waals surface area contributed by atoms with Crippen LogP contribution in [0.15, 0.2) is 107 Å². The first-order valence-electron chi connectivity index (χ1n) is 9.49. The van der Waals surface area contributed by atoms with Crippen LogP contribution in [0.2, 0.25) is 0 Å². The van der Waals surface area contributed by atoms with Crippen molar-refractivity contribution in [3.8, 4) is 0 Å². The van der Waals surface area contributed by atoms with Crippen LogP contribution in [0.3, 0.4) is 0 Å². The first-order chi connectivity index (χ1) is 14.3. The lowest BCUT2D eigenvalue weighted by molar-refractivity contribution is 1.56. The summed E-state index contributed by atoms with van der Waals surface area (Å²) in [6, 6.07) is 33.4. The van der Waals surface area contributed by atoms with Crippen LogP contribution in [0.1, 0.15) is 9.75 Å². The summed E-state index contributed by atoms with van der Waals surface area (Å²) in [6.45, 7) is 0. The van der Waals surface area contributed by atoms with Crippen molar-refractivity contribution in [2.75, 3.05) is 0 Å². The highest BCUT2D eigenvalue weighted by molar-refractivity contribution is 7.15. The highest BCUT2D eigenvalue weighted by atomic mass is 32.1. The topological polar surface area (TPSA) is 24.7 Å². The number of nitrogens with zero attached hydrogens (tertiary/aromatic N) is 2. The first-order valence-corrected chi connectivity index (χ1v) is 10.3. The summed E-state index contributed by atoms with van der Waals surface area (Å²) < 4.78 is 0. The number of aliphatic imine (C=N–C) groups is 2. The Morgan fingerprint density at radius 1 is 0.483 bits per heavy atom. The van der Waals surface area contributed by atoms with Gasteiger partial charge in [0.05, 0.1) is 11.4 Å². The molecule has 0 spiro atoms. The van der Waals surface area contributed by atoms with Gasteiger partial charge in [0.25, 0.3) is 0 Å². The molecular weight excluding hydrogens is 372 g/mol. The van der Waals surface area contributed by atoms with Crippen molar-refractivity contribution in [3.63, 3.8) is 0 Å². The van der Waals surface area contributed by atoms with E-state index in [1.165, 1.54) is 21.5 Å². The molecule has 0 saturated heterocycles. The molecule has 0 aliphatic carbocycles. The number of benzene rings is 4. The van der Waals surface area contributed by atoms with Crippen molar-refractivity contribution >= 4 is 56.7 Å². The van der Waals surface area contributed by atoms with Gasteiger partial charge in [-0.25, -0.2) is 0 Å². The predicted octanol–water partition coefficient (Wildman–Crippen LogP) is 7.56. The molecule has 3 heteroatoms. The summed E-state index contributed by atoms with van der Waals surface area (Å²) in [6.07, 6.45) is 3.84. The molecule has 0 fully saturated rings. The molecule has 0 bridgehead atoms. The minimum Gasteiger partial charge on any atom is -0.255 e. The number of thiophene rings is 1. The van der Waals surface area contributed by atoms with Crippen molar-refractivity contribution in [1.82, 2.24) is 0 Å². The predicted molar refractivity (Wildman–Crippen MR) is 127 cm³/mol. The minimum absolute atomic E-state index is 0.962. The molecule has 1 aromatic heterocycles. The molecule has 0 N–H and O–H groups in total. The second-order valence-corrected chi connectivity index (χ2v) is 7.97. The van der Waals surface area contributed by atoms with Crippen LogP contribution in [0.4, 0.5) is 11.4 Å². The van der Waals surface area contributed by atoms with Gasteiger partial charge in [0.15, 0.2) is 0 Å². The van der Waals surface area contributed by atoms with E-state index in [0.29, 0.717) is 0 Å². The van der Waals surface area contributed by atoms with Crippen LogP contribution in [0, 0.1) is 0 Å². The zero-order chi connectivity index (χ0) is 19.5. The van der Waals surface area contributed by atoms with Gasteiger partial charge in [-0.3, -0.25) is 9.98 Å². The summed E-state index contributed by atoms with van der Waals surface area (Å²) in [5, 5.41) is 4.87. The van der Waals surface area contributed by atoms with Crippen molar-refractivity contribution in [3.05, 3.63) is 107 Å². The Morgan fingerprint density at radius 2 is 0.931 bits per heavy atom. The molecule has 0 amide bonds. The maximum atomic E-state index is 4.63. The lowest BCUT2D eigenvalue weighted by Crippen LogP contribution is -1.75. The maximum Gasteiger partial charge on any atom is 0.0636 e. The summed E-state index contributed by atoms with van der Waals surface area (Å²) in [5.74, 6) is 0. The Morgan fingerprint density at radius 3 is 1.41 bits per heavy atom. The fraction of sp³-hybridized carbons (Fsp3) is 0. The third-order valence-corrected chi connectivity index (χ3v) is 5.75. The molecule has 0 saturated carbocycles. The van der Waals surface area contributed by atoms with Crippen molar-refractivity contribution < 1.29 is 0 Å². The smallest absolute Gasteiger partial charge is 0.0636 e. The quantitative estimate of drug-likeness (QED) is 0.283. The standard InChI is InChI=1S/C26H18N2S/c1-3-7-21-15-23(11-9-19(21)5-1)27-17-25-13-14-26(29-25)18-28-24-12-10-20-6-2-4-8-22(20)16-24/h1-18H. The fourth-order valence-electron chi connectivity index (χ4n) is 3.30. The Labute approximate surface area is 173 Å². The molecule has 5 aromatic rings. The number of fused-ring (bicyclic) bond motifs is 2. The Balaban J connectivity index is 1.32. The summed E-state index contributed by atoms with van der Waals surface area (Å²) in [5.41, 5.74) is 1.92. The zero-order valence-corrected chi connectivity index (χ0v) is 16.5. The average Bonchev–Trinajstić information content (AvgIpc) is 3.24. The van der Waals surface area contributed by atoms with Crippen molar-refractivity contribution in [1.29, 1.82) is 0 Å². The molecule has 4 aromatic carbocycles. The van der Waals surface area contributed by atoms with E-state index in [4.69, 9.17) is 0 Å². The van der Waals surface area contributed by atoms with E-state index in [1.54, 1.807) is 11.3 Å². The van der Waals surface area contributed by atoms with Crippen LogP contribution in [-0.4, -0.2) is 12.4 Å². The SMILES string of the molecule is C(=Nc1ccc2ccccc2c1)c1ccc(C=Nc2ccc3ccccc3c2)s1. The van der Waals surface area contributed by atoms with E-state index in [1.807, 2.05) is 12.4 Å². The van der Waals surface area contributed by atoms with Gasteiger partial charge in [0.2, 0.25) is 0 Å². The van der Waals surface area contributed by atoms with Gasteiger partial charge < -0.3 is 0 Å². The molecule has 0 radical (unpaired) electrons. The van der Waals surface area contributed by atoms with Gasteiger partial charge >= 0.3 is 0 Å². The molecule has 0 unspecified atom stereocenters. The van der Waals surface area contributed by atoms with E-state index < -0.39 is 0 Å². The van der Waals surface area contributed by atoms with Crippen LogP contribution < -0.4 is 0 Å². The first kappa shape index (κ1) is 17.5. The lowest BCUT2D eigenvalue weighted by atomic mass is 10.1. The molecule has 29 heavy (non-hydrogen) atoms. The maximum absolute atomic E-state index is 4.63. The van der Waals surface area contributed by atoms with Gasteiger partial charge in [0, 0.05) is 22.2 Å². The molecule has 0 aliphatic rings. The van der Waals surface area contributed by atoms with E-state index in [2.05, 4.69) is 107 Å². The van der Waals surface area contributed by atoms with E-state index in [-0.39, 0.29) is 0 Å². The molecule has 1 heterocycles. The highest BCUT2D eigenvalue weighted by Crippen LogP contribution is 2.23. The highest BCUT2D eigenvalue weighted by Gasteiger charge is 1.98. The largest absolute Gasteiger partial charge is 0.255 e. The van der Waals surface area contributed by atoms with Gasteiger partial charge in [-0.15, -0.1) is 11.3 Å². The zero-order valence-electron chi connectivity index (χ0n) is 15.7. The van der Waals surface area contributed by atoms with E-state index >= 15 is 0 Å². The number of hydrogen-bond acceptors (Lipinski definition) is 3. The van der Waals surface area contributed by atoms with Crippen LogP contribution in [-0.2, 0) is 0 Å². The molecular formula is C26H18N2S. The lowest BCUT2D eigenvalue weighted by Gasteiger charge is -1.98. The van der Waals surface area contributed by atoms with E-state index in [9.17, 15) is 0 Å². The summed E-state index contributed by atoms with van der Waals surface area (Å²) >= 11 is 1.68. The Hall–Kier alpha value is -3.56. The minimum atomic E-state index is 0.962. The summed E-state index contributed by atoms with van der Waals surface area (Å²) in [7, 11) is 0. The van der Waals surface area contributed by atoms with Crippen molar-refractivity contribution in [2.45, 2.75) is 0 Å². The Kier molecular flexibility index (Phi) is 4.73. The number of hydrogen-bond donors (Lipinski definition) is 0. The average molecular weight is 391 g/mol. The van der Waals surface area contributed by atoms with Crippen LogP contribution in [0.5, 0.6) is 0 Å². The molecule has 0 aliphatic heterocycles. The molecule has 2 nitrogen and oxygen atoms in total. The monoisotopic (exact) mass is 390 g/mol.